The van der Waals surface area contributed by atoms with E-state index in [1.54, 1.807) is 6.92 Å². The second-order valence-corrected chi connectivity index (χ2v) is 9.02. The van der Waals surface area contributed by atoms with Crippen LogP contribution in [0, 0.1) is 0 Å². The van der Waals surface area contributed by atoms with Crippen LogP contribution in [-0.2, 0) is 40.7 Å². The van der Waals surface area contributed by atoms with Crippen LogP contribution in [0.15, 0.2) is 15.2 Å². The van der Waals surface area contributed by atoms with E-state index in [-0.39, 0.29) is 27.4 Å². The van der Waals surface area contributed by atoms with Crippen molar-refractivity contribution in [3.63, 3.8) is 0 Å². The first-order valence-corrected chi connectivity index (χ1v) is 9.89. The third-order valence-electron chi connectivity index (χ3n) is 2.38. The summed E-state index contributed by atoms with van der Waals surface area (Å²) < 4.78 is 60.7. The maximum atomic E-state index is 11.6. The van der Waals surface area contributed by atoms with Crippen molar-refractivity contribution in [2.24, 2.45) is 5.14 Å². The van der Waals surface area contributed by atoms with E-state index in [0.717, 1.165) is 23.7 Å². The van der Waals surface area contributed by atoms with Gasteiger partial charge in [-0.3, -0.25) is 0 Å². The molecule has 0 aliphatic rings. The lowest BCUT2D eigenvalue weighted by Gasteiger charge is -2.10. The lowest BCUT2D eigenvalue weighted by molar-refractivity contribution is -0.177. The van der Waals surface area contributed by atoms with Crippen molar-refractivity contribution in [2.45, 2.75) is 28.9 Å². The van der Waals surface area contributed by atoms with Crippen molar-refractivity contribution in [2.75, 3.05) is 20.2 Å². The summed E-state index contributed by atoms with van der Waals surface area (Å²) in [6.07, 6.45) is 0.511. The van der Waals surface area contributed by atoms with Crippen LogP contribution in [0.5, 0.6) is 0 Å². The average molecular weight is 359 g/mol. The number of methoxy groups -OCH3 is 1. The van der Waals surface area contributed by atoms with Crippen molar-refractivity contribution in [3.8, 4) is 0 Å². The van der Waals surface area contributed by atoms with Gasteiger partial charge in [0.05, 0.1) is 16.4 Å². The van der Waals surface area contributed by atoms with Crippen LogP contribution in [0.4, 0.5) is 0 Å². The van der Waals surface area contributed by atoms with Crippen LogP contribution in [0.25, 0.3) is 0 Å². The molecule has 0 aliphatic carbocycles. The molecular formula is C10H17NO7S3. The molecule has 1 heterocycles. The van der Waals surface area contributed by atoms with Gasteiger partial charge in [0, 0.05) is 13.4 Å². The first-order chi connectivity index (χ1) is 9.55. The molecule has 0 saturated carbocycles. The molecule has 1 aromatic heterocycles. The highest BCUT2D eigenvalue weighted by Crippen LogP contribution is 2.29. The molecule has 0 bridgehead atoms. The molecule has 0 radical (unpaired) electrons. The van der Waals surface area contributed by atoms with Crippen LogP contribution in [-0.4, -0.2) is 43.3 Å². The monoisotopic (exact) mass is 359 g/mol. The number of nitrogens with two attached hydrogens (primary N) is 1. The Morgan fingerprint density at radius 2 is 1.95 bits per heavy atom. The van der Waals surface area contributed by atoms with Crippen LogP contribution >= 0.6 is 11.3 Å². The fraction of sp³-hybridized carbons (Fsp3) is 0.600. The Morgan fingerprint density at radius 1 is 1.33 bits per heavy atom. The van der Waals surface area contributed by atoms with Crippen molar-refractivity contribution in [3.05, 3.63) is 10.9 Å². The second kappa shape index (κ2) is 7.13. The highest BCUT2D eigenvalue weighted by atomic mass is 32.2. The number of hydrogen-bond donors (Lipinski definition) is 1. The molecule has 1 rings (SSSR count). The van der Waals surface area contributed by atoms with E-state index in [9.17, 15) is 16.8 Å². The van der Waals surface area contributed by atoms with E-state index in [4.69, 9.17) is 19.3 Å². The minimum absolute atomic E-state index is 0.112. The van der Waals surface area contributed by atoms with E-state index in [1.165, 1.54) is 7.11 Å². The molecule has 0 fully saturated rings. The quantitative estimate of drug-likeness (QED) is 0.522. The van der Waals surface area contributed by atoms with E-state index < -0.39 is 26.2 Å². The van der Waals surface area contributed by atoms with Crippen LogP contribution in [0.2, 0.25) is 0 Å². The number of ether oxygens (including phenoxy) is 3. The molecule has 0 aromatic carbocycles. The third-order valence-corrected chi connectivity index (χ3v) is 6.20. The predicted molar refractivity (Wildman–Crippen MR) is 76.0 cm³/mol. The molecule has 1 aromatic rings. The first kappa shape index (κ1) is 18.5. The van der Waals surface area contributed by atoms with Gasteiger partial charge in [0.2, 0.25) is 10.0 Å². The summed E-state index contributed by atoms with van der Waals surface area (Å²) >= 11 is 0.754. The Balaban J connectivity index is 2.88. The summed E-state index contributed by atoms with van der Waals surface area (Å²) in [5.74, 6) is 0. The number of thiophene rings is 1. The average Bonchev–Trinajstić information content (AvgIpc) is 2.78. The SMILES string of the molecule is COC(C)OCOCc1sc(S(N)(=O)=O)cc1S(C)(=O)=O. The molecule has 0 amide bonds. The molecule has 1 unspecified atom stereocenters. The Labute approximate surface area is 127 Å². The second-order valence-electron chi connectivity index (χ2n) is 4.11. The van der Waals surface area contributed by atoms with Crippen molar-refractivity contribution in [1.29, 1.82) is 0 Å². The van der Waals surface area contributed by atoms with Gasteiger partial charge in [-0.25, -0.2) is 22.0 Å². The van der Waals surface area contributed by atoms with Gasteiger partial charge in [-0.1, -0.05) is 0 Å². The Kier molecular flexibility index (Phi) is 6.28. The summed E-state index contributed by atoms with van der Waals surface area (Å²) in [5.41, 5.74) is 0. The van der Waals surface area contributed by atoms with Crippen molar-refractivity contribution >= 4 is 31.2 Å². The molecule has 21 heavy (non-hydrogen) atoms. The molecule has 11 heteroatoms. The number of sulfonamides is 1. The maximum Gasteiger partial charge on any atom is 0.247 e. The van der Waals surface area contributed by atoms with Crippen molar-refractivity contribution in [1.82, 2.24) is 0 Å². The summed E-state index contributed by atoms with van der Waals surface area (Å²) in [7, 11) is -6.09. The number of primary sulfonamides is 1. The number of hydrogen-bond acceptors (Lipinski definition) is 8. The highest BCUT2D eigenvalue weighted by Gasteiger charge is 2.22. The first-order valence-electron chi connectivity index (χ1n) is 5.63. The van der Waals surface area contributed by atoms with Gasteiger partial charge < -0.3 is 14.2 Å². The topological polar surface area (TPSA) is 122 Å². The van der Waals surface area contributed by atoms with Gasteiger partial charge >= 0.3 is 0 Å². The van der Waals surface area contributed by atoms with Crippen molar-refractivity contribution < 1.29 is 31.0 Å². The summed E-state index contributed by atoms with van der Waals surface area (Å²) in [6, 6.07) is 1.03. The van der Waals surface area contributed by atoms with Gasteiger partial charge in [-0.2, -0.15) is 0 Å². The van der Waals surface area contributed by atoms with Gasteiger partial charge in [-0.15, -0.1) is 11.3 Å². The van der Waals surface area contributed by atoms with Gasteiger partial charge in [0.15, 0.2) is 16.1 Å². The van der Waals surface area contributed by atoms with Gasteiger partial charge in [0.1, 0.15) is 11.0 Å². The van der Waals surface area contributed by atoms with E-state index in [1.807, 2.05) is 0 Å². The predicted octanol–water partition coefficient (Wildman–Crippen LogP) is 0.282. The Bertz CT molecular complexity index is 678. The zero-order valence-electron chi connectivity index (χ0n) is 11.7. The number of sulfone groups is 1. The Morgan fingerprint density at radius 3 is 2.43 bits per heavy atom. The smallest absolute Gasteiger partial charge is 0.247 e. The number of rotatable bonds is 8. The molecule has 122 valence electrons. The van der Waals surface area contributed by atoms with E-state index in [0.29, 0.717) is 0 Å². The normalized spacial score (nSPS) is 14.3. The fourth-order valence-electron chi connectivity index (χ4n) is 1.29. The largest absolute Gasteiger partial charge is 0.356 e. The van der Waals surface area contributed by atoms with Gasteiger partial charge in [-0.05, 0) is 13.0 Å². The van der Waals surface area contributed by atoms with Crippen LogP contribution in [0.1, 0.15) is 11.8 Å². The molecule has 8 nitrogen and oxygen atoms in total. The Hall–Kier alpha value is -0.560. The van der Waals surface area contributed by atoms with Crippen LogP contribution < -0.4 is 5.14 Å². The minimum Gasteiger partial charge on any atom is -0.356 e. The fourth-order valence-corrected chi connectivity index (χ4v) is 4.59. The molecule has 0 saturated heterocycles. The molecule has 2 N–H and O–H groups in total. The van der Waals surface area contributed by atoms with Gasteiger partial charge in [0.25, 0.3) is 0 Å². The molecule has 1 atom stereocenters. The lowest BCUT2D eigenvalue weighted by atomic mass is 10.5. The van der Waals surface area contributed by atoms with E-state index in [2.05, 4.69) is 0 Å². The minimum atomic E-state index is -3.97. The van der Waals surface area contributed by atoms with E-state index >= 15 is 0 Å². The summed E-state index contributed by atoms with van der Waals surface area (Å²) in [5, 5.41) is 5.00. The summed E-state index contributed by atoms with van der Waals surface area (Å²) in [6.45, 7) is 1.43. The lowest BCUT2D eigenvalue weighted by Crippen LogP contribution is -2.13. The molecular weight excluding hydrogens is 342 g/mol. The summed E-state index contributed by atoms with van der Waals surface area (Å²) in [4.78, 5) is 0.131. The molecule has 0 aliphatic heterocycles. The highest BCUT2D eigenvalue weighted by molar-refractivity contribution is 7.92. The zero-order valence-corrected chi connectivity index (χ0v) is 14.2. The molecule has 0 spiro atoms. The standard InChI is InChI=1S/C10H17NO7S3/c1-7(16-2)18-6-17-5-8-9(20(3,12)13)4-10(19-8)21(11,14)15/h4,7H,5-6H2,1-3H3,(H2,11,14,15). The third kappa shape index (κ3) is 5.62. The van der Waals surface area contributed by atoms with Crippen LogP contribution in [0.3, 0.4) is 0 Å². The maximum absolute atomic E-state index is 11.6. The zero-order chi connectivity index (χ0) is 16.3.